The van der Waals surface area contributed by atoms with Crippen LogP contribution >= 0.6 is 0 Å². The van der Waals surface area contributed by atoms with Crippen LogP contribution < -0.4 is 5.32 Å². The quantitative estimate of drug-likeness (QED) is 0.640. The van der Waals surface area contributed by atoms with Crippen LogP contribution in [0, 0.1) is 11.3 Å². The first kappa shape index (κ1) is 13.0. The Morgan fingerprint density at radius 2 is 1.87 bits per heavy atom. The maximum Gasteiger partial charge on any atom is 0.00682 e. The van der Waals surface area contributed by atoms with Crippen molar-refractivity contribution in [3.63, 3.8) is 0 Å². The lowest BCUT2D eigenvalue weighted by molar-refractivity contribution is 0.284. The molecule has 1 saturated carbocycles. The molecule has 90 valence electrons. The summed E-state index contributed by atoms with van der Waals surface area (Å²) in [6.07, 6.45) is 8.33. The molecule has 0 amide bonds. The molecule has 0 aromatic heterocycles. The number of nitrogens with one attached hydrogen (secondary N) is 1. The molecule has 1 aliphatic rings. The minimum atomic E-state index is 0.538. The third kappa shape index (κ3) is 6.94. The fraction of sp³-hybridized carbons (Fsp3) is 1.00. The van der Waals surface area contributed by atoms with Crippen LogP contribution in [-0.4, -0.2) is 12.6 Å². The molecule has 1 aliphatic carbocycles. The first-order valence-corrected chi connectivity index (χ1v) is 6.73. The van der Waals surface area contributed by atoms with Gasteiger partial charge in [-0.25, -0.2) is 0 Å². The molecule has 0 saturated heterocycles. The summed E-state index contributed by atoms with van der Waals surface area (Å²) in [4.78, 5) is 0. The van der Waals surface area contributed by atoms with E-state index in [1.165, 1.54) is 45.1 Å². The molecule has 1 N–H and O–H groups in total. The summed E-state index contributed by atoms with van der Waals surface area (Å²) in [6, 6.07) is 0.872. The van der Waals surface area contributed by atoms with Gasteiger partial charge in [-0.05, 0) is 43.6 Å². The smallest absolute Gasteiger partial charge is 0.00682 e. The van der Waals surface area contributed by atoms with Crippen molar-refractivity contribution in [3.8, 4) is 0 Å². The van der Waals surface area contributed by atoms with Gasteiger partial charge in [0.05, 0.1) is 0 Å². The van der Waals surface area contributed by atoms with Crippen LogP contribution in [0.15, 0.2) is 0 Å². The topological polar surface area (TPSA) is 12.0 Å². The van der Waals surface area contributed by atoms with E-state index in [0.717, 1.165) is 12.0 Å². The lowest BCUT2D eigenvalue weighted by atomic mass is 9.83. The van der Waals surface area contributed by atoms with Crippen LogP contribution in [0.3, 0.4) is 0 Å². The van der Waals surface area contributed by atoms with Gasteiger partial charge >= 0.3 is 0 Å². The number of rotatable bonds is 8. The van der Waals surface area contributed by atoms with Crippen LogP contribution in [0.2, 0.25) is 0 Å². The maximum absolute atomic E-state index is 3.61. The molecule has 0 unspecified atom stereocenters. The van der Waals surface area contributed by atoms with Crippen molar-refractivity contribution < 1.29 is 0 Å². The molecule has 1 fully saturated rings. The van der Waals surface area contributed by atoms with Gasteiger partial charge in [0.15, 0.2) is 0 Å². The Morgan fingerprint density at radius 3 is 2.40 bits per heavy atom. The summed E-state index contributed by atoms with van der Waals surface area (Å²) in [7, 11) is 0. The summed E-state index contributed by atoms with van der Waals surface area (Å²) in [5.41, 5.74) is 0.538. The average Bonchev–Trinajstić information content (AvgIpc) is 2.86. The zero-order chi connectivity index (χ0) is 11.3. The fourth-order valence-corrected chi connectivity index (χ4v) is 2.02. The van der Waals surface area contributed by atoms with Gasteiger partial charge in [-0.3, -0.25) is 0 Å². The van der Waals surface area contributed by atoms with Gasteiger partial charge in [-0.1, -0.05) is 40.5 Å². The molecular weight excluding hydrogens is 182 g/mol. The van der Waals surface area contributed by atoms with E-state index in [1.54, 1.807) is 0 Å². The van der Waals surface area contributed by atoms with Crippen molar-refractivity contribution in [2.75, 3.05) is 6.54 Å². The highest BCUT2D eigenvalue weighted by atomic mass is 14.9. The molecule has 0 radical (unpaired) electrons. The third-order valence-electron chi connectivity index (χ3n) is 3.45. The second-order valence-corrected chi connectivity index (χ2v) is 6.43. The van der Waals surface area contributed by atoms with E-state index in [1.807, 2.05) is 0 Å². The average molecular weight is 211 g/mol. The van der Waals surface area contributed by atoms with E-state index >= 15 is 0 Å². The molecule has 0 aliphatic heterocycles. The summed E-state index contributed by atoms with van der Waals surface area (Å²) in [5, 5.41) is 3.61. The van der Waals surface area contributed by atoms with E-state index in [9.17, 15) is 0 Å². The lowest BCUT2D eigenvalue weighted by Gasteiger charge is -2.25. The molecule has 0 spiro atoms. The summed E-state index contributed by atoms with van der Waals surface area (Å²) in [6.45, 7) is 10.7. The zero-order valence-corrected chi connectivity index (χ0v) is 11.1. The zero-order valence-electron chi connectivity index (χ0n) is 11.1. The SMILES string of the molecule is CC(C)CCCC(C)(C)CCNC1CC1. The predicted molar refractivity (Wildman–Crippen MR) is 68.1 cm³/mol. The minimum Gasteiger partial charge on any atom is -0.314 e. The highest BCUT2D eigenvalue weighted by Crippen LogP contribution is 2.28. The van der Waals surface area contributed by atoms with Crippen molar-refractivity contribution >= 4 is 0 Å². The Hall–Kier alpha value is -0.0400. The van der Waals surface area contributed by atoms with Crippen molar-refractivity contribution in [2.45, 2.75) is 72.3 Å². The molecule has 0 heterocycles. The Kier molecular flexibility index (Phi) is 5.11. The summed E-state index contributed by atoms with van der Waals surface area (Å²) >= 11 is 0. The Bertz CT molecular complexity index is 158. The fourth-order valence-electron chi connectivity index (χ4n) is 2.02. The van der Waals surface area contributed by atoms with E-state index in [0.29, 0.717) is 5.41 Å². The Morgan fingerprint density at radius 1 is 1.20 bits per heavy atom. The highest BCUT2D eigenvalue weighted by Gasteiger charge is 2.22. The van der Waals surface area contributed by atoms with Gasteiger partial charge in [0.2, 0.25) is 0 Å². The second kappa shape index (κ2) is 5.89. The van der Waals surface area contributed by atoms with Crippen molar-refractivity contribution in [3.05, 3.63) is 0 Å². The molecule has 15 heavy (non-hydrogen) atoms. The minimum absolute atomic E-state index is 0.538. The van der Waals surface area contributed by atoms with Crippen LogP contribution in [0.5, 0.6) is 0 Å². The molecule has 0 aromatic carbocycles. The Labute approximate surface area is 96.0 Å². The van der Waals surface area contributed by atoms with E-state index < -0.39 is 0 Å². The van der Waals surface area contributed by atoms with Gasteiger partial charge in [-0.15, -0.1) is 0 Å². The van der Waals surface area contributed by atoms with Gasteiger partial charge in [-0.2, -0.15) is 0 Å². The van der Waals surface area contributed by atoms with Crippen LogP contribution in [0.1, 0.15) is 66.2 Å². The van der Waals surface area contributed by atoms with Gasteiger partial charge in [0.25, 0.3) is 0 Å². The summed E-state index contributed by atoms with van der Waals surface area (Å²) in [5.74, 6) is 0.866. The molecule has 1 rings (SSSR count). The Balaban J connectivity index is 2.01. The molecule has 0 atom stereocenters. The van der Waals surface area contributed by atoms with E-state index in [4.69, 9.17) is 0 Å². The summed E-state index contributed by atoms with van der Waals surface area (Å²) < 4.78 is 0. The first-order valence-electron chi connectivity index (χ1n) is 6.73. The second-order valence-electron chi connectivity index (χ2n) is 6.43. The maximum atomic E-state index is 3.61. The number of hydrogen-bond donors (Lipinski definition) is 1. The lowest BCUT2D eigenvalue weighted by Crippen LogP contribution is -2.24. The molecule has 0 bridgehead atoms. The van der Waals surface area contributed by atoms with Crippen molar-refractivity contribution in [1.29, 1.82) is 0 Å². The van der Waals surface area contributed by atoms with Crippen LogP contribution in [0.25, 0.3) is 0 Å². The third-order valence-corrected chi connectivity index (χ3v) is 3.45. The molecule has 1 nitrogen and oxygen atoms in total. The van der Waals surface area contributed by atoms with Gasteiger partial charge in [0.1, 0.15) is 0 Å². The van der Waals surface area contributed by atoms with Crippen molar-refractivity contribution in [1.82, 2.24) is 5.32 Å². The standard InChI is InChI=1S/C14H29N/c1-12(2)6-5-9-14(3,4)10-11-15-13-7-8-13/h12-13,15H,5-11H2,1-4H3. The highest BCUT2D eigenvalue weighted by molar-refractivity contribution is 4.81. The van der Waals surface area contributed by atoms with Crippen LogP contribution in [0.4, 0.5) is 0 Å². The van der Waals surface area contributed by atoms with Crippen LogP contribution in [-0.2, 0) is 0 Å². The van der Waals surface area contributed by atoms with Gasteiger partial charge < -0.3 is 5.32 Å². The number of hydrogen-bond acceptors (Lipinski definition) is 1. The van der Waals surface area contributed by atoms with E-state index in [-0.39, 0.29) is 0 Å². The predicted octanol–water partition coefficient (Wildman–Crippen LogP) is 3.98. The molecule has 0 aromatic rings. The first-order chi connectivity index (χ1) is 6.99. The largest absolute Gasteiger partial charge is 0.314 e. The van der Waals surface area contributed by atoms with Crippen molar-refractivity contribution in [2.24, 2.45) is 11.3 Å². The normalized spacial score (nSPS) is 17.4. The monoisotopic (exact) mass is 211 g/mol. The van der Waals surface area contributed by atoms with Gasteiger partial charge in [0, 0.05) is 6.04 Å². The molecular formula is C14H29N. The molecule has 1 heteroatoms. The van der Waals surface area contributed by atoms with E-state index in [2.05, 4.69) is 33.0 Å².